The average Bonchev–Trinajstić information content (AvgIpc) is 3.54. The SMILES string of the molecule is c1ccc(N2C(SC3=NNN(CN4CCOCC4)N3c3ccccc3)=NNN2CN2CCOCC2)cc1. The number of amidine groups is 2. The molecular weight excluding hydrogens is 492 g/mol. The van der Waals surface area contributed by atoms with Gasteiger partial charge in [-0.1, -0.05) is 46.6 Å². The second-order valence-corrected chi connectivity index (χ2v) is 9.86. The van der Waals surface area contributed by atoms with Gasteiger partial charge in [-0.05, 0) is 36.0 Å². The van der Waals surface area contributed by atoms with Crippen molar-refractivity contribution in [3.63, 3.8) is 0 Å². The van der Waals surface area contributed by atoms with Crippen molar-refractivity contribution in [2.75, 3.05) is 76.0 Å². The van der Waals surface area contributed by atoms with Gasteiger partial charge in [0.05, 0.1) is 51.1 Å². The summed E-state index contributed by atoms with van der Waals surface area (Å²) < 4.78 is 11.1. The number of benzene rings is 2. The Morgan fingerprint density at radius 1 is 0.622 bits per heavy atom. The number of thioether (sulfide) groups is 1. The highest BCUT2D eigenvalue weighted by molar-refractivity contribution is 8.27. The summed E-state index contributed by atoms with van der Waals surface area (Å²) in [6.45, 7) is 7.89. The van der Waals surface area contributed by atoms with Gasteiger partial charge in [0.1, 0.15) is 0 Å². The quantitative estimate of drug-likeness (QED) is 0.574. The van der Waals surface area contributed by atoms with E-state index in [1.807, 2.05) is 46.6 Å². The highest BCUT2D eigenvalue weighted by atomic mass is 32.2. The summed E-state index contributed by atoms with van der Waals surface area (Å²) >= 11 is 1.51. The highest BCUT2D eigenvalue weighted by Crippen LogP contribution is 2.30. The molecule has 4 heterocycles. The summed E-state index contributed by atoms with van der Waals surface area (Å²) in [5.74, 6) is 0. The maximum Gasteiger partial charge on any atom is 0.213 e. The van der Waals surface area contributed by atoms with Crippen molar-refractivity contribution in [3.8, 4) is 0 Å². The topological polar surface area (TPSA) is 86.7 Å². The summed E-state index contributed by atoms with van der Waals surface area (Å²) in [5.41, 5.74) is 8.49. The van der Waals surface area contributed by atoms with Gasteiger partial charge in [0, 0.05) is 26.2 Å². The van der Waals surface area contributed by atoms with Crippen LogP contribution >= 0.6 is 11.8 Å². The van der Waals surface area contributed by atoms with Crippen molar-refractivity contribution in [1.29, 1.82) is 0 Å². The number of ether oxygens (including phenoxy) is 2. The Kier molecular flexibility index (Phi) is 7.69. The Morgan fingerprint density at radius 2 is 1.03 bits per heavy atom. The molecule has 4 aliphatic rings. The Labute approximate surface area is 220 Å². The van der Waals surface area contributed by atoms with Crippen molar-refractivity contribution in [2.24, 2.45) is 10.2 Å². The van der Waals surface area contributed by atoms with E-state index in [9.17, 15) is 0 Å². The van der Waals surface area contributed by atoms with Crippen LogP contribution in [0.3, 0.4) is 0 Å². The molecule has 2 saturated heterocycles. The molecule has 2 aromatic carbocycles. The van der Waals surface area contributed by atoms with E-state index in [0.29, 0.717) is 13.3 Å². The molecule has 4 aliphatic heterocycles. The van der Waals surface area contributed by atoms with E-state index in [-0.39, 0.29) is 0 Å². The Hall–Kier alpha value is -2.91. The summed E-state index contributed by atoms with van der Waals surface area (Å²) in [6.07, 6.45) is 0. The van der Waals surface area contributed by atoms with Gasteiger partial charge >= 0.3 is 0 Å². The van der Waals surface area contributed by atoms with Crippen molar-refractivity contribution >= 4 is 33.5 Å². The molecule has 2 fully saturated rings. The smallest absolute Gasteiger partial charge is 0.213 e. The number of hydrazone groups is 2. The van der Waals surface area contributed by atoms with E-state index in [2.05, 4.69) is 55.2 Å². The minimum Gasteiger partial charge on any atom is -0.379 e. The average molecular weight is 525 g/mol. The number of anilines is 2. The van der Waals surface area contributed by atoms with Gasteiger partial charge in [0.25, 0.3) is 0 Å². The lowest BCUT2D eigenvalue weighted by molar-refractivity contribution is 0.00176. The van der Waals surface area contributed by atoms with E-state index in [4.69, 9.17) is 19.7 Å². The first kappa shape index (κ1) is 24.4. The number of hydrogen-bond donors (Lipinski definition) is 2. The number of para-hydroxylation sites is 2. The molecule has 0 bridgehead atoms. The number of nitrogens with one attached hydrogen (secondary N) is 2. The second kappa shape index (κ2) is 11.6. The Morgan fingerprint density at radius 3 is 1.43 bits per heavy atom. The normalized spacial score (nSPS) is 22.1. The summed E-state index contributed by atoms with van der Waals surface area (Å²) in [5, 5.41) is 19.3. The third kappa shape index (κ3) is 5.67. The standard InChI is InChI=1S/C24H32N10O2S/c1-3-7-21(8-4-1)33-23(25-27-31(33)19-29-11-15-35-16-12-29)37-24-26-28-32(20-30-13-17-36-18-14-30)34(24)22-9-5-2-6-10-22/h1-10,27-28H,11-20H2. The maximum absolute atomic E-state index is 5.53. The number of hydrazine groups is 4. The van der Waals surface area contributed by atoms with Crippen LogP contribution in [0.5, 0.6) is 0 Å². The molecule has 0 amide bonds. The van der Waals surface area contributed by atoms with E-state index >= 15 is 0 Å². The van der Waals surface area contributed by atoms with Gasteiger partial charge in [-0.15, -0.1) is 10.2 Å². The van der Waals surface area contributed by atoms with E-state index < -0.39 is 0 Å². The number of rotatable bonds is 6. The lowest BCUT2D eigenvalue weighted by Crippen LogP contribution is -2.54. The predicted octanol–water partition coefficient (Wildman–Crippen LogP) is 1.32. The van der Waals surface area contributed by atoms with Crippen molar-refractivity contribution in [3.05, 3.63) is 60.7 Å². The molecule has 6 rings (SSSR count). The number of hydrogen-bond acceptors (Lipinski definition) is 13. The van der Waals surface area contributed by atoms with Crippen LogP contribution in [0.2, 0.25) is 0 Å². The molecule has 0 radical (unpaired) electrons. The summed E-state index contributed by atoms with van der Waals surface area (Å²) in [4.78, 5) is 4.70. The van der Waals surface area contributed by atoms with E-state index in [1.54, 1.807) is 0 Å². The van der Waals surface area contributed by atoms with E-state index in [0.717, 1.165) is 74.3 Å². The maximum atomic E-state index is 5.53. The molecule has 0 aliphatic carbocycles. The predicted molar refractivity (Wildman–Crippen MR) is 145 cm³/mol. The molecule has 0 spiro atoms. The fraction of sp³-hybridized carbons (Fsp3) is 0.417. The van der Waals surface area contributed by atoms with Crippen LogP contribution < -0.4 is 21.1 Å². The molecular formula is C24H32N10O2S. The van der Waals surface area contributed by atoms with Crippen LogP contribution in [0.1, 0.15) is 0 Å². The minimum absolute atomic E-state index is 0.683. The molecule has 37 heavy (non-hydrogen) atoms. The largest absolute Gasteiger partial charge is 0.379 e. The first-order valence-corrected chi connectivity index (χ1v) is 13.4. The molecule has 12 nitrogen and oxygen atoms in total. The minimum atomic E-state index is 0.683. The zero-order valence-corrected chi connectivity index (χ0v) is 21.5. The van der Waals surface area contributed by atoms with Gasteiger partial charge in [0.2, 0.25) is 10.3 Å². The van der Waals surface area contributed by atoms with Crippen molar-refractivity contribution in [2.45, 2.75) is 0 Å². The first-order valence-electron chi connectivity index (χ1n) is 12.6. The molecule has 0 atom stereocenters. The van der Waals surface area contributed by atoms with Gasteiger partial charge < -0.3 is 9.47 Å². The fourth-order valence-corrected chi connectivity index (χ4v) is 5.41. The number of morpholine rings is 2. The Balaban J connectivity index is 1.22. The van der Waals surface area contributed by atoms with Gasteiger partial charge in [0.15, 0.2) is 0 Å². The zero-order chi connectivity index (χ0) is 24.9. The zero-order valence-electron chi connectivity index (χ0n) is 20.6. The van der Waals surface area contributed by atoms with Crippen LogP contribution in [0, 0.1) is 0 Å². The van der Waals surface area contributed by atoms with Gasteiger partial charge in [-0.3, -0.25) is 9.80 Å². The molecule has 0 saturated carbocycles. The first-order chi connectivity index (χ1) is 18.3. The van der Waals surface area contributed by atoms with E-state index in [1.165, 1.54) is 11.8 Å². The van der Waals surface area contributed by atoms with Crippen molar-refractivity contribution in [1.82, 2.24) is 31.1 Å². The van der Waals surface area contributed by atoms with Crippen LogP contribution in [0.15, 0.2) is 70.9 Å². The van der Waals surface area contributed by atoms with Crippen LogP contribution in [0.4, 0.5) is 11.4 Å². The third-order valence-electron chi connectivity index (χ3n) is 6.43. The van der Waals surface area contributed by atoms with Crippen LogP contribution in [-0.4, -0.2) is 96.3 Å². The van der Waals surface area contributed by atoms with Gasteiger partial charge in [-0.2, -0.15) is 0 Å². The molecule has 196 valence electrons. The summed E-state index contributed by atoms with van der Waals surface area (Å²) in [6, 6.07) is 20.6. The lowest BCUT2D eigenvalue weighted by atomic mass is 10.3. The van der Waals surface area contributed by atoms with Crippen LogP contribution in [0.25, 0.3) is 0 Å². The Bertz CT molecular complexity index is 994. The number of nitrogens with zero attached hydrogens (tertiary/aromatic N) is 8. The van der Waals surface area contributed by atoms with Gasteiger partial charge in [-0.25, -0.2) is 21.1 Å². The van der Waals surface area contributed by atoms with Crippen LogP contribution in [-0.2, 0) is 9.47 Å². The molecule has 0 unspecified atom stereocenters. The monoisotopic (exact) mass is 524 g/mol. The molecule has 0 aromatic heterocycles. The highest BCUT2D eigenvalue weighted by Gasteiger charge is 2.36. The molecule has 13 heteroatoms. The second-order valence-electron chi connectivity index (χ2n) is 8.93. The molecule has 2 N–H and O–H groups in total. The fourth-order valence-electron chi connectivity index (χ4n) is 4.50. The van der Waals surface area contributed by atoms with Crippen molar-refractivity contribution < 1.29 is 9.47 Å². The lowest BCUT2D eigenvalue weighted by Gasteiger charge is -2.36. The third-order valence-corrected chi connectivity index (χ3v) is 7.32. The summed E-state index contributed by atoms with van der Waals surface area (Å²) in [7, 11) is 0. The molecule has 2 aromatic rings.